The SMILES string of the molecule is CC.CC1N=CNC=C1Br. The molecule has 1 atom stereocenters. The lowest BCUT2D eigenvalue weighted by Gasteiger charge is -2.08. The third-order valence-electron chi connectivity index (χ3n) is 0.993. The highest BCUT2D eigenvalue weighted by molar-refractivity contribution is 9.11. The van der Waals surface area contributed by atoms with Crippen LogP contribution in [0.15, 0.2) is 15.7 Å². The van der Waals surface area contributed by atoms with Gasteiger partial charge in [-0.1, -0.05) is 29.8 Å². The Balaban J connectivity index is 0.000000371. The molecule has 3 heteroatoms. The van der Waals surface area contributed by atoms with Crippen LogP contribution in [0.5, 0.6) is 0 Å². The Morgan fingerprint density at radius 1 is 1.60 bits per heavy atom. The number of hydrogen-bond donors (Lipinski definition) is 1. The smallest absolute Gasteiger partial charge is 0.0871 e. The Hall–Kier alpha value is -0.310. The van der Waals surface area contributed by atoms with Crippen molar-refractivity contribution in [1.29, 1.82) is 0 Å². The molecule has 10 heavy (non-hydrogen) atoms. The van der Waals surface area contributed by atoms with E-state index in [1.807, 2.05) is 27.0 Å². The molecule has 0 radical (unpaired) electrons. The van der Waals surface area contributed by atoms with Crippen molar-refractivity contribution < 1.29 is 0 Å². The van der Waals surface area contributed by atoms with Gasteiger partial charge in [-0.3, -0.25) is 4.99 Å². The van der Waals surface area contributed by atoms with Crippen molar-refractivity contribution in [1.82, 2.24) is 5.32 Å². The molecule has 0 aliphatic carbocycles. The Morgan fingerprint density at radius 2 is 2.20 bits per heavy atom. The van der Waals surface area contributed by atoms with Crippen LogP contribution < -0.4 is 5.32 Å². The lowest BCUT2D eigenvalue weighted by atomic mass is 10.3. The van der Waals surface area contributed by atoms with Crippen molar-refractivity contribution >= 4 is 22.3 Å². The second kappa shape index (κ2) is 5.47. The first-order valence-corrected chi connectivity index (χ1v) is 4.23. The molecule has 0 aromatic heterocycles. The zero-order valence-corrected chi connectivity index (χ0v) is 8.14. The molecule has 1 N–H and O–H groups in total. The van der Waals surface area contributed by atoms with Crippen LogP contribution in [0.25, 0.3) is 0 Å². The summed E-state index contributed by atoms with van der Waals surface area (Å²) in [4.78, 5) is 4.06. The number of nitrogens with one attached hydrogen (secondary N) is 1. The van der Waals surface area contributed by atoms with Crippen LogP contribution in [0, 0.1) is 0 Å². The molecule has 1 unspecified atom stereocenters. The minimum atomic E-state index is 0.288. The molecule has 0 saturated heterocycles. The third-order valence-corrected chi connectivity index (χ3v) is 1.88. The maximum absolute atomic E-state index is 4.06. The second-order valence-corrected chi connectivity index (χ2v) is 2.57. The first-order valence-electron chi connectivity index (χ1n) is 3.44. The van der Waals surface area contributed by atoms with E-state index in [9.17, 15) is 0 Å². The number of aliphatic imine (C=N–C) groups is 1. The van der Waals surface area contributed by atoms with Crippen LogP contribution in [0.2, 0.25) is 0 Å². The largest absolute Gasteiger partial charge is 0.352 e. The summed E-state index contributed by atoms with van der Waals surface area (Å²) < 4.78 is 1.10. The van der Waals surface area contributed by atoms with Crippen molar-refractivity contribution in [2.45, 2.75) is 26.8 Å². The standard InChI is InChI=1S/C5H7BrN2.C2H6/c1-4-5(6)2-7-3-8-4;1-2/h2-4H,1H3,(H,7,8);1-2H3. The van der Waals surface area contributed by atoms with Gasteiger partial charge >= 0.3 is 0 Å². The minimum Gasteiger partial charge on any atom is -0.352 e. The molecule has 58 valence electrons. The Labute approximate surface area is 70.6 Å². The molecule has 1 rings (SSSR count). The fourth-order valence-corrected chi connectivity index (χ4v) is 0.714. The van der Waals surface area contributed by atoms with Crippen molar-refractivity contribution in [2.24, 2.45) is 4.99 Å². The lowest BCUT2D eigenvalue weighted by molar-refractivity contribution is 0.886. The summed E-state index contributed by atoms with van der Waals surface area (Å²) in [6.07, 6.45) is 3.58. The van der Waals surface area contributed by atoms with E-state index in [4.69, 9.17) is 0 Å². The van der Waals surface area contributed by atoms with Gasteiger partial charge in [0.15, 0.2) is 0 Å². The van der Waals surface area contributed by atoms with Gasteiger partial charge in [-0.2, -0.15) is 0 Å². The number of rotatable bonds is 0. The maximum Gasteiger partial charge on any atom is 0.0871 e. The molecule has 0 fully saturated rings. The van der Waals surface area contributed by atoms with E-state index in [1.165, 1.54) is 0 Å². The normalized spacial score (nSPS) is 22.0. The van der Waals surface area contributed by atoms with Crippen molar-refractivity contribution in [3.8, 4) is 0 Å². The van der Waals surface area contributed by atoms with E-state index in [-0.39, 0.29) is 6.04 Å². The highest BCUT2D eigenvalue weighted by Crippen LogP contribution is 2.13. The molecule has 1 heterocycles. The Kier molecular flexibility index (Phi) is 5.30. The average Bonchev–Trinajstić information content (AvgIpc) is 2.00. The van der Waals surface area contributed by atoms with Crippen LogP contribution >= 0.6 is 15.9 Å². The summed E-state index contributed by atoms with van der Waals surface area (Å²) >= 11 is 3.34. The fraction of sp³-hybridized carbons (Fsp3) is 0.571. The topological polar surface area (TPSA) is 24.4 Å². The molecule has 0 aromatic carbocycles. The summed E-state index contributed by atoms with van der Waals surface area (Å²) in [6, 6.07) is 0.288. The van der Waals surface area contributed by atoms with Gasteiger partial charge in [-0.25, -0.2) is 0 Å². The summed E-state index contributed by atoms with van der Waals surface area (Å²) in [6.45, 7) is 6.03. The molecule has 0 aromatic rings. The fourth-order valence-electron chi connectivity index (χ4n) is 0.464. The first-order chi connectivity index (χ1) is 4.80. The lowest BCUT2D eigenvalue weighted by Crippen LogP contribution is -2.13. The van der Waals surface area contributed by atoms with Gasteiger partial charge in [0.05, 0.1) is 12.4 Å². The zero-order chi connectivity index (χ0) is 7.98. The first kappa shape index (κ1) is 9.69. The molecule has 0 amide bonds. The van der Waals surface area contributed by atoms with Gasteiger partial charge in [0.2, 0.25) is 0 Å². The highest BCUT2D eigenvalue weighted by atomic mass is 79.9. The van der Waals surface area contributed by atoms with Crippen LogP contribution in [0.4, 0.5) is 0 Å². The van der Waals surface area contributed by atoms with Crippen molar-refractivity contribution in [2.75, 3.05) is 0 Å². The molecule has 2 nitrogen and oxygen atoms in total. The third kappa shape index (κ3) is 3.01. The monoisotopic (exact) mass is 204 g/mol. The highest BCUT2D eigenvalue weighted by Gasteiger charge is 2.03. The van der Waals surface area contributed by atoms with E-state index < -0.39 is 0 Å². The summed E-state index contributed by atoms with van der Waals surface area (Å²) in [5.74, 6) is 0. The van der Waals surface area contributed by atoms with E-state index in [1.54, 1.807) is 6.34 Å². The van der Waals surface area contributed by atoms with Gasteiger partial charge in [0, 0.05) is 10.7 Å². The predicted molar refractivity (Wildman–Crippen MR) is 49.4 cm³/mol. The van der Waals surface area contributed by atoms with Crippen LogP contribution in [0.1, 0.15) is 20.8 Å². The molecule has 0 bridgehead atoms. The van der Waals surface area contributed by atoms with E-state index >= 15 is 0 Å². The van der Waals surface area contributed by atoms with Crippen molar-refractivity contribution in [3.05, 3.63) is 10.7 Å². The zero-order valence-electron chi connectivity index (χ0n) is 6.56. The van der Waals surface area contributed by atoms with Crippen LogP contribution in [0.3, 0.4) is 0 Å². The van der Waals surface area contributed by atoms with Gasteiger partial charge in [0.1, 0.15) is 0 Å². The molecular weight excluding hydrogens is 192 g/mol. The van der Waals surface area contributed by atoms with E-state index in [0.29, 0.717) is 0 Å². The van der Waals surface area contributed by atoms with Crippen LogP contribution in [-0.2, 0) is 0 Å². The second-order valence-electron chi connectivity index (χ2n) is 1.65. The van der Waals surface area contributed by atoms with Gasteiger partial charge in [0.25, 0.3) is 0 Å². The summed E-state index contributed by atoms with van der Waals surface area (Å²) in [7, 11) is 0. The molecule has 1 aliphatic heterocycles. The van der Waals surface area contributed by atoms with Crippen LogP contribution in [-0.4, -0.2) is 12.4 Å². The van der Waals surface area contributed by atoms with Gasteiger partial charge in [-0.15, -0.1) is 0 Å². The Morgan fingerprint density at radius 3 is 2.50 bits per heavy atom. The molecule has 1 aliphatic rings. The predicted octanol–water partition coefficient (Wildman–Crippen LogP) is 2.27. The van der Waals surface area contributed by atoms with Gasteiger partial charge < -0.3 is 5.32 Å². The number of halogens is 1. The maximum atomic E-state index is 4.06. The molecular formula is C7H13BrN2. The molecule has 0 spiro atoms. The van der Waals surface area contributed by atoms with E-state index in [2.05, 4.69) is 26.2 Å². The molecule has 0 saturated carbocycles. The average molecular weight is 205 g/mol. The van der Waals surface area contributed by atoms with E-state index in [0.717, 1.165) is 4.48 Å². The van der Waals surface area contributed by atoms with Gasteiger partial charge in [-0.05, 0) is 6.92 Å². The summed E-state index contributed by atoms with van der Waals surface area (Å²) in [5.41, 5.74) is 0. The number of nitrogens with zero attached hydrogens (tertiary/aromatic N) is 1. The van der Waals surface area contributed by atoms with Crippen molar-refractivity contribution in [3.63, 3.8) is 0 Å². The quantitative estimate of drug-likeness (QED) is 0.644. The summed E-state index contributed by atoms with van der Waals surface area (Å²) in [5, 5.41) is 2.86. The number of hydrogen-bond acceptors (Lipinski definition) is 2. The Bertz CT molecular complexity index is 141. The minimum absolute atomic E-state index is 0.288.